The summed E-state index contributed by atoms with van der Waals surface area (Å²) in [5.41, 5.74) is 2.22. The van der Waals surface area contributed by atoms with Gasteiger partial charge in [-0.05, 0) is 36.6 Å². The summed E-state index contributed by atoms with van der Waals surface area (Å²) in [4.78, 5) is 22.4. The van der Waals surface area contributed by atoms with Gasteiger partial charge >= 0.3 is 5.97 Å². The van der Waals surface area contributed by atoms with Crippen LogP contribution in [-0.4, -0.2) is 23.0 Å². The Morgan fingerprint density at radius 3 is 2.32 bits per heavy atom. The number of aliphatic carboxylic acids is 1. The Hall–Kier alpha value is -2.59. The molecular weight excluding hydrogens is 338 g/mol. The Balaban J connectivity index is 2.17. The van der Waals surface area contributed by atoms with E-state index >= 15 is 0 Å². The summed E-state index contributed by atoms with van der Waals surface area (Å²) in [5, 5.41) is 12.2. The number of hydrogen-bond acceptors (Lipinski definition) is 2. The van der Waals surface area contributed by atoms with Crippen molar-refractivity contribution in [2.24, 2.45) is 0 Å². The smallest absolute Gasteiger partial charge is 0.328 e. The molecule has 0 unspecified atom stereocenters. The van der Waals surface area contributed by atoms with Gasteiger partial charge in [-0.3, -0.25) is 4.79 Å². The molecule has 4 nitrogen and oxygen atoms in total. The minimum absolute atomic E-state index is 0.0459. The van der Waals surface area contributed by atoms with Crippen molar-refractivity contribution in [1.82, 2.24) is 5.32 Å². The number of hydrogen-bond donors (Lipinski definition) is 2. The molecule has 0 bridgehead atoms. The van der Waals surface area contributed by atoms with Gasteiger partial charge in [-0.15, -0.1) is 0 Å². The highest BCUT2D eigenvalue weighted by Gasteiger charge is 2.21. The van der Waals surface area contributed by atoms with E-state index < -0.39 is 11.9 Å². The summed E-state index contributed by atoms with van der Waals surface area (Å²) in [5.74, 6) is -1.53. The van der Waals surface area contributed by atoms with Gasteiger partial charge in [-0.1, -0.05) is 54.1 Å². The summed E-state index contributed by atoms with van der Waals surface area (Å²) < 4.78 is 0. The topological polar surface area (TPSA) is 66.4 Å². The van der Waals surface area contributed by atoms with E-state index in [0.29, 0.717) is 5.02 Å². The number of carboxylic acid groups (broad SMARTS) is 1. The molecule has 0 aliphatic heterocycles. The quantitative estimate of drug-likeness (QED) is 0.740. The van der Waals surface area contributed by atoms with Crippen LogP contribution < -0.4 is 5.32 Å². The van der Waals surface area contributed by atoms with E-state index in [2.05, 4.69) is 5.32 Å². The lowest BCUT2D eigenvalue weighted by molar-refractivity contribution is -0.131. The fourth-order valence-corrected chi connectivity index (χ4v) is 2.80. The zero-order valence-corrected chi connectivity index (χ0v) is 14.6. The Labute approximate surface area is 152 Å². The molecule has 2 aromatic carbocycles. The average molecular weight is 358 g/mol. The van der Waals surface area contributed by atoms with Gasteiger partial charge in [0.05, 0.1) is 0 Å². The third-order valence-electron chi connectivity index (χ3n) is 3.95. The Morgan fingerprint density at radius 2 is 1.72 bits per heavy atom. The van der Waals surface area contributed by atoms with Crippen LogP contribution in [0.1, 0.15) is 24.0 Å². The minimum Gasteiger partial charge on any atom is -0.478 e. The van der Waals surface area contributed by atoms with Crippen molar-refractivity contribution in [3.05, 3.63) is 82.9 Å². The first-order valence-corrected chi connectivity index (χ1v) is 8.34. The van der Waals surface area contributed by atoms with Crippen molar-refractivity contribution < 1.29 is 14.7 Å². The van der Waals surface area contributed by atoms with Gasteiger partial charge in [-0.25, -0.2) is 4.79 Å². The molecule has 1 amide bonds. The van der Waals surface area contributed by atoms with Crippen molar-refractivity contribution in [2.45, 2.75) is 25.3 Å². The summed E-state index contributed by atoms with van der Waals surface area (Å²) in [6, 6.07) is 17.4. The fraction of sp³-hybridized carbons (Fsp3) is 0.200. The summed E-state index contributed by atoms with van der Waals surface area (Å²) in [6.07, 6.45) is 2.59. The summed E-state index contributed by atoms with van der Waals surface area (Å²) >= 11 is 5.94. The van der Waals surface area contributed by atoms with Gasteiger partial charge < -0.3 is 10.4 Å². The number of nitrogens with one attached hydrogen (secondary N) is 1. The Kier molecular flexibility index (Phi) is 6.78. The molecule has 0 aromatic heterocycles. The molecule has 2 atom stereocenters. The first-order chi connectivity index (χ1) is 12.0. The maximum Gasteiger partial charge on any atom is 0.328 e. The molecule has 0 spiro atoms. The summed E-state index contributed by atoms with van der Waals surface area (Å²) in [7, 11) is 0. The number of carboxylic acids is 1. The third-order valence-corrected chi connectivity index (χ3v) is 4.20. The zero-order valence-electron chi connectivity index (χ0n) is 13.9. The molecule has 130 valence electrons. The number of halogens is 1. The SMILES string of the molecule is C[C@H](NC(=O)/C=C/C(=O)O)[C@H](Cc1ccc(Cl)cc1)c1ccccc1. The van der Waals surface area contributed by atoms with E-state index in [-0.39, 0.29) is 12.0 Å². The van der Waals surface area contributed by atoms with E-state index in [1.165, 1.54) is 0 Å². The standard InChI is InChI=1S/C20H20ClNO3/c1-14(22-19(23)11-12-20(24)25)18(16-5-3-2-4-6-16)13-15-7-9-17(21)10-8-15/h2-12,14,18H,13H2,1H3,(H,22,23)(H,24,25)/b12-11+/t14-,18-/m0/s1. The number of amides is 1. The molecule has 0 heterocycles. The van der Waals surface area contributed by atoms with Gasteiger partial charge in [0, 0.05) is 29.1 Å². The van der Waals surface area contributed by atoms with Crippen molar-refractivity contribution in [1.29, 1.82) is 0 Å². The molecule has 25 heavy (non-hydrogen) atoms. The molecule has 0 radical (unpaired) electrons. The predicted octanol–water partition coefficient (Wildman–Crippen LogP) is 3.81. The molecule has 2 N–H and O–H groups in total. The highest BCUT2D eigenvalue weighted by atomic mass is 35.5. The number of benzene rings is 2. The van der Waals surface area contributed by atoms with Crippen LogP contribution in [-0.2, 0) is 16.0 Å². The molecule has 5 heteroatoms. The average Bonchev–Trinajstić information content (AvgIpc) is 2.60. The number of carbonyl (C=O) groups excluding carboxylic acids is 1. The first-order valence-electron chi connectivity index (χ1n) is 7.96. The van der Waals surface area contributed by atoms with Gasteiger partial charge in [0.2, 0.25) is 5.91 Å². The largest absolute Gasteiger partial charge is 0.478 e. The monoisotopic (exact) mass is 357 g/mol. The highest BCUT2D eigenvalue weighted by molar-refractivity contribution is 6.30. The summed E-state index contributed by atoms with van der Waals surface area (Å²) in [6.45, 7) is 1.92. The fourth-order valence-electron chi connectivity index (χ4n) is 2.68. The van der Waals surface area contributed by atoms with E-state index in [1.54, 1.807) is 0 Å². The Morgan fingerprint density at radius 1 is 1.08 bits per heavy atom. The molecule has 0 saturated carbocycles. The highest BCUT2D eigenvalue weighted by Crippen LogP contribution is 2.25. The molecule has 0 aliphatic rings. The van der Waals surface area contributed by atoms with Gasteiger partial charge in [0.15, 0.2) is 0 Å². The van der Waals surface area contributed by atoms with Gasteiger partial charge in [-0.2, -0.15) is 0 Å². The van der Waals surface area contributed by atoms with E-state index in [1.807, 2.05) is 61.5 Å². The van der Waals surface area contributed by atoms with Crippen LogP contribution in [0.2, 0.25) is 5.02 Å². The van der Waals surface area contributed by atoms with Crippen LogP contribution in [0.4, 0.5) is 0 Å². The Bertz CT molecular complexity index is 741. The van der Waals surface area contributed by atoms with Crippen LogP contribution in [0.15, 0.2) is 66.7 Å². The molecule has 2 aromatic rings. The van der Waals surface area contributed by atoms with Crippen molar-refractivity contribution in [3.8, 4) is 0 Å². The van der Waals surface area contributed by atoms with E-state index in [9.17, 15) is 9.59 Å². The minimum atomic E-state index is -1.15. The van der Waals surface area contributed by atoms with Crippen molar-refractivity contribution >= 4 is 23.5 Å². The lowest BCUT2D eigenvalue weighted by Crippen LogP contribution is -2.37. The van der Waals surface area contributed by atoms with Crippen LogP contribution in [0, 0.1) is 0 Å². The zero-order chi connectivity index (χ0) is 18.2. The number of carbonyl (C=O) groups is 2. The van der Waals surface area contributed by atoms with E-state index in [0.717, 1.165) is 29.7 Å². The second-order valence-electron chi connectivity index (χ2n) is 5.82. The second-order valence-corrected chi connectivity index (χ2v) is 6.25. The third kappa shape index (κ3) is 6.08. The molecular formula is C20H20ClNO3. The first kappa shape index (κ1) is 18.7. The van der Waals surface area contributed by atoms with Crippen LogP contribution in [0.3, 0.4) is 0 Å². The maximum atomic E-state index is 11.9. The van der Waals surface area contributed by atoms with Gasteiger partial charge in [0.1, 0.15) is 0 Å². The molecule has 0 fully saturated rings. The van der Waals surface area contributed by atoms with E-state index in [4.69, 9.17) is 16.7 Å². The predicted molar refractivity (Wildman–Crippen MR) is 98.7 cm³/mol. The van der Waals surface area contributed by atoms with Crippen LogP contribution in [0.5, 0.6) is 0 Å². The van der Waals surface area contributed by atoms with Crippen LogP contribution >= 0.6 is 11.6 Å². The van der Waals surface area contributed by atoms with Crippen molar-refractivity contribution in [2.75, 3.05) is 0 Å². The maximum absolute atomic E-state index is 11.9. The molecule has 0 saturated heterocycles. The van der Waals surface area contributed by atoms with Gasteiger partial charge in [0.25, 0.3) is 0 Å². The van der Waals surface area contributed by atoms with Crippen molar-refractivity contribution in [3.63, 3.8) is 0 Å². The normalized spacial score (nSPS) is 13.4. The second kappa shape index (κ2) is 9.04. The lowest BCUT2D eigenvalue weighted by Gasteiger charge is -2.25. The lowest BCUT2D eigenvalue weighted by atomic mass is 9.86. The van der Waals surface area contributed by atoms with Crippen LogP contribution in [0.25, 0.3) is 0 Å². The number of rotatable bonds is 7. The molecule has 0 aliphatic carbocycles. The molecule has 2 rings (SSSR count).